The molecule has 6 rings (SSSR count). The molecule has 2 aromatic carbocycles. The van der Waals surface area contributed by atoms with Gasteiger partial charge in [0.05, 0.1) is 11.3 Å². The second-order valence-corrected chi connectivity index (χ2v) is 9.60. The minimum absolute atomic E-state index is 0.0494. The summed E-state index contributed by atoms with van der Waals surface area (Å²) in [6.07, 6.45) is 7.16. The molecule has 0 amide bonds. The highest BCUT2D eigenvalue weighted by molar-refractivity contribution is 5.88. The fourth-order valence-electron chi connectivity index (χ4n) is 6.11. The fraction of sp³-hybridized carbons (Fsp3) is 0.267. The number of rotatable bonds is 2. The van der Waals surface area contributed by atoms with Crippen LogP contribution in [-0.4, -0.2) is 4.98 Å². The van der Waals surface area contributed by atoms with E-state index in [4.69, 9.17) is 4.98 Å². The van der Waals surface area contributed by atoms with Crippen molar-refractivity contribution < 1.29 is 4.57 Å². The quantitative estimate of drug-likeness (QED) is 0.332. The van der Waals surface area contributed by atoms with Gasteiger partial charge in [0.15, 0.2) is 6.20 Å². The van der Waals surface area contributed by atoms with Gasteiger partial charge in [0.25, 0.3) is 0 Å². The molecule has 1 spiro atoms. The SMILES string of the molecule is Cc1ccc2c(n1)C1(CCCC1)c1c-2ccc(C)c1-c1cc(-c2ccccc2)cc[n+]1C. The molecule has 2 nitrogen and oxygen atoms in total. The highest BCUT2D eigenvalue weighted by Gasteiger charge is 2.49. The number of aromatic nitrogens is 2. The predicted octanol–water partition coefficient (Wildman–Crippen LogP) is 6.70. The van der Waals surface area contributed by atoms with Gasteiger partial charge in [0, 0.05) is 28.8 Å². The van der Waals surface area contributed by atoms with E-state index in [1.807, 2.05) is 0 Å². The van der Waals surface area contributed by atoms with Crippen molar-refractivity contribution >= 4 is 0 Å². The van der Waals surface area contributed by atoms with Crippen LogP contribution in [0.2, 0.25) is 0 Å². The molecular formula is C30H29N2+. The van der Waals surface area contributed by atoms with Crippen LogP contribution in [0.25, 0.3) is 33.5 Å². The summed E-state index contributed by atoms with van der Waals surface area (Å²) in [5.74, 6) is 0. The molecule has 0 radical (unpaired) electrons. The molecule has 0 atom stereocenters. The summed E-state index contributed by atoms with van der Waals surface area (Å²) < 4.78 is 2.29. The van der Waals surface area contributed by atoms with E-state index >= 15 is 0 Å². The molecule has 2 aromatic heterocycles. The van der Waals surface area contributed by atoms with E-state index in [2.05, 4.69) is 98.4 Å². The fourth-order valence-corrected chi connectivity index (χ4v) is 6.11. The first-order chi connectivity index (χ1) is 15.6. The Labute approximate surface area is 190 Å². The third-order valence-electron chi connectivity index (χ3n) is 7.64. The van der Waals surface area contributed by atoms with Gasteiger partial charge in [-0.05, 0) is 60.6 Å². The van der Waals surface area contributed by atoms with Gasteiger partial charge in [-0.1, -0.05) is 61.4 Å². The maximum Gasteiger partial charge on any atom is 0.213 e. The van der Waals surface area contributed by atoms with E-state index < -0.39 is 0 Å². The molecule has 1 fully saturated rings. The first-order valence-electron chi connectivity index (χ1n) is 11.8. The number of nitrogens with zero attached hydrogens (tertiary/aromatic N) is 2. The molecular weight excluding hydrogens is 388 g/mol. The summed E-state index contributed by atoms with van der Waals surface area (Å²) >= 11 is 0. The second-order valence-electron chi connectivity index (χ2n) is 9.60. The number of fused-ring (bicyclic) bond motifs is 5. The first kappa shape index (κ1) is 19.4. The zero-order chi connectivity index (χ0) is 21.9. The van der Waals surface area contributed by atoms with Crippen LogP contribution in [0, 0.1) is 13.8 Å². The highest BCUT2D eigenvalue weighted by atomic mass is 14.9. The summed E-state index contributed by atoms with van der Waals surface area (Å²) in [7, 11) is 2.18. The monoisotopic (exact) mass is 417 g/mol. The lowest BCUT2D eigenvalue weighted by atomic mass is 9.75. The normalized spacial score (nSPS) is 15.7. The average molecular weight is 418 g/mol. The van der Waals surface area contributed by atoms with Gasteiger partial charge in [-0.15, -0.1) is 0 Å². The Morgan fingerprint density at radius 2 is 1.56 bits per heavy atom. The van der Waals surface area contributed by atoms with Gasteiger partial charge in [0.2, 0.25) is 5.69 Å². The van der Waals surface area contributed by atoms with Crippen LogP contribution in [0.5, 0.6) is 0 Å². The van der Waals surface area contributed by atoms with Crippen molar-refractivity contribution in [2.24, 2.45) is 7.05 Å². The van der Waals surface area contributed by atoms with E-state index in [0.29, 0.717) is 0 Å². The van der Waals surface area contributed by atoms with Crippen LogP contribution < -0.4 is 4.57 Å². The van der Waals surface area contributed by atoms with Gasteiger partial charge < -0.3 is 0 Å². The summed E-state index contributed by atoms with van der Waals surface area (Å²) in [6, 6.07) is 24.4. The van der Waals surface area contributed by atoms with Gasteiger partial charge in [-0.2, -0.15) is 0 Å². The summed E-state index contributed by atoms with van der Waals surface area (Å²) in [5.41, 5.74) is 13.3. The number of hydrogen-bond donors (Lipinski definition) is 0. The van der Waals surface area contributed by atoms with Crippen LogP contribution >= 0.6 is 0 Å². The van der Waals surface area contributed by atoms with E-state index in [1.54, 1.807) is 0 Å². The lowest BCUT2D eigenvalue weighted by Crippen LogP contribution is -2.32. The molecule has 4 aromatic rings. The Balaban J connectivity index is 1.65. The molecule has 158 valence electrons. The smallest absolute Gasteiger partial charge is 0.213 e. The Hall–Kier alpha value is -3.26. The Morgan fingerprint density at radius 1 is 0.812 bits per heavy atom. The second kappa shape index (κ2) is 7.13. The maximum absolute atomic E-state index is 5.15. The number of aryl methyl sites for hydroxylation is 3. The van der Waals surface area contributed by atoms with Crippen LogP contribution in [0.1, 0.15) is 48.2 Å². The standard InChI is InChI=1S/C30H29N2/c1-20-11-13-24-25-14-12-21(2)31-29(25)30(16-7-8-17-30)28(24)27(20)26-19-23(15-18-32(26)3)22-9-5-4-6-10-22/h4-6,9-15,18-19H,7-8,16-17H2,1-3H3/q+1. The highest BCUT2D eigenvalue weighted by Crippen LogP contribution is 2.58. The Morgan fingerprint density at radius 3 is 2.34 bits per heavy atom. The van der Waals surface area contributed by atoms with Crippen LogP contribution in [0.3, 0.4) is 0 Å². The zero-order valence-electron chi connectivity index (χ0n) is 19.2. The Bertz CT molecular complexity index is 1350. The maximum atomic E-state index is 5.15. The van der Waals surface area contributed by atoms with Crippen LogP contribution in [0.4, 0.5) is 0 Å². The molecule has 2 aliphatic rings. The molecule has 2 heteroatoms. The Kier molecular flexibility index (Phi) is 4.33. The summed E-state index contributed by atoms with van der Waals surface area (Å²) in [6.45, 7) is 4.40. The van der Waals surface area contributed by atoms with Crippen molar-refractivity contribution in [3.8, 4) is 33.5 Å². The summed E-state index contributed by atoms with van der Waals surface area (Å²) in [4.78, 5) is 5.15. The van der Waals surface area contributed by atoms with E-state index in [1.165, 1.54) is 76.0 Å². The molecule has 2 heterocycles. The number of hydrogen-bond acceptors (Lipinski definition) is 1. The van der Waals surface area contributed by atoms with Crippen molar-refractivity contribution in [2.75, 3.05) is 0 Å². The van der Waals surface area contributed by atoms with Gasteiger partial charge >= 0.3 is 0 Å². The molecule has 2 aliphatic carbocycles. The number of pyridine rings is 2. The van der Waals surface area contributed by atoms with Crippen LogP contribution in [0.15, 0.2) is 72.9 Å². The van der Waals surface area contributed by atoms with Crippen molar-refractivity contribution in [2.45, 2.75) is 44.9 Å². The van der Waals surface area contributed by atoms with Crippen molar-refractivity contribution in [1.82, 2.24) is 4.98 Å². The lowest BCUT2D eigenvalue weighted by molar-refractivity contribution is -0.660. The van der Waals surface area contributed by atoms with Gasteiger partial charge in [-0.3, -0.25) is 4.98 Å². The van der Waals surface area contributed by atoms with Crippen LogP contribution in [-0.2, 0) is 12.5 Å². The van der Waals surface area contributed by atoms with Crippen molar-refractivity contribution in [1.29, 1.82) is 0 Å². The van der Waals surface area contributed by atoms with E-state index in [0.717, 1.165) is 5.69 Å². The zero-order valence-corrected chi connectivity index (χ0v) is 19.2. The predicted molar refractivity (Wildman–Crippen MR) is 130 cm³/mol. The van der Waals surface area contributed by atoms with E-state index in [9.17, 15) is 0 Å². The van der Waals surface area contributed by atoms with E-state index in [-0.39, 0.29) is 5.41 Å². The molecule has 0 saturated heterocycles. The minimum Gasteiger partial charge on any atom is -0.257 e. The molecule has 0 unspecified atom stereocenters. The average Bonchev–Trinajstić information content (AvgIpc) is 3.40. The van der Waals surface area contributed by atoms with Crippen molar-refractivity contribution in [3.63, 3.8) is 0 Å². The molecule has 1 saturated carbocycles. The number of benzene rings is 2. The molecule has 32 heavy (non-hydrogen) atoms. The lowest BCUT2D eigenvalue weighted by Gasteiger charge is -2.28. The third-order valence-corrected chi connectivity index (χ3v) is 7.64. The molecule has 0 N–H and O–H groups in total. The largest absolute Gasteiger partial charge is 0.257 e. The summed E-state index contributed by atoms with van der Waals surface area (Å²) in [5, 5.41) is 0. The third kappa shape index (κ3) is 2.72. The van der Waals surface area contributed by atoms with Gasteiger partial charge in [0.1, 0.15) is 7.05 Å². The topological polar surface area (TPSA) is 16.8 Å². The molecule has 0 aliphatic heterocycles. The first-order valence-corrected chi connectivity index (χ1v) is 11.8. The van der Waals surface area contributed by atoms with Crippen molar-refractivity contribution in [3.05, 3.63) is 95.4 Å². The minimum atomic E-state index is 0.0494. The molecule has 0 bridgehead atoms. The van der Waals surface area contributed by atoms with Gasteiger partial charge in [-0.25, -0.2) is 4.57 Å².